The molecule has 0 saturated heterocycles. The van der Waals surface area contributed by atoms with Gasteiger partial charge in [0.15, 0.2) is 0 Å². The normalized spacial score (nSPS) is 10.7. The predicted molar refractivity (Wildman–Crippen MR) is 78.8 cm³/mol. The van der Waals surface area contributed by atoms with Gasteiger partial charge in [0.2, 0.25) is 0 Å². The van der Waals surface area contributed by atoms with E-state index in [-0.39, 0.29) is 11.3 Å². The third kappa shape index (κ3) is 2.05. The topological polar surface area (TPSA) is 112 Å². The molecule has 1 aromatic heterocycles. The van der Waals surface area contributed by atoms with E-state index in [4.69, 9.17) is 5.11 Å². The van der Waals surface area contributed by atoms with Crippen molar-refractivity contribution in [2.75, 3.05) is 0 Å². The Morgan fingerprint density at radius 1 is 1.09 bits per heavy atom. The lowest BCUT2D eigenvalue weighted by Gasteiger charge is -2.08. The Hall–Kier alpha value is -3.35. The van der Waals surface area contributed by atoms with Gasteiger partial charge in [-0.2, -0.15) is 0 Å². The van der Waals surface area contributed by atoms with Crippen molar-refractivity contribution in [3.8, 4) is 11.4 Å². The lowest BCUT2D eigenvalue weighted by atomic mass is 10.1. The van der Waals surface area contributed by atoms with E-state index in [1.807, 2.05) is 0 Å². The van der Waals surface area contributed by atoms with Crippen LogP contribution in [0.2, 0.25) is 0 Å². The molecule has 0 radical (unpaired) electrons. The Labute approximate surface area is 122 Å². The zero-order chi connectivity index (χ0) is 15.9. The summed E-state index contributed by atoms with van der Waals surface area (Å²) >= 11 is 0. The number of aromatic amines is 1. The van der Waals surface area contributed by atoms with Crippen molar-refractivity contribution < 1.29 is 15.0 Å². The number of benzene rings is 2. The number of hydrogen-bond donors (Lipinski definition) is 3. The highest BCUT2D eigenvalue weighted by Gasteiger charge is 2.14. The van der Waals surface area contributed by atoms with Crippen LogP contribution in [0.5, 0.6) is 5.75 Å². The first-order valence-electron chi connectivity index (χ1n) is 6.30. The van der Waals surface area contributed by atoms with Crippen LogP contribution in [0.15, 0.2) is 52.1 Å². The third-order valence-electron chi connectivity index (χ3n) is 3.28. The van der Waals surface area contributed by atoms with Crippen LogP contribution in [-0.4, -0.2) is 25.7 Å². The third-order valence-corrected chi connectivity index (χ3v) is 3.28. The maximum absolute atomic E-state index is 12.4. The summed E-state index contributed by atoms with van der Waals surface area (Å²) in [5, 5.41) is 18.9. The molecule has 1 heterocycles. The number of carboxylic acids is 1. The van der Waals surface area contributed by atoms with Crippen LogP contribution >= 0.6 is 0 Å². The van der Waals surface area contributed by atoms with Crippen LogP contribution < -0.4 is 11.2 Å². The van der Waals surface area contributed by atoms with Gasteiger partial charge in [-0.1, -0.05) is 12.1 Å². The number of phenols is 1. The predicted octanol–water partition coefficient (Wildman–Crippen LogP) is 1.08. The smallest absolute Gasteiger partial charge is 0.339 e. The van der Waals surface area contributed by atoms with E-state index in [2.05, 4.69) is 4.98 Å². The number of rotatable bonds is 2. The molecule has 22 heavy (non-hydrogen) atoms. The molecule has 0 bridgehead atoms. The monoisotopic (exact) mass is 298 g/mol. The first-order valence-corrected chi connectivity index (χ1v) is 6.30. The molecule has 0 unspecified atom stereocenters. The van der Waals surface area contributed by atoms with Gasteiger partial charge in [-0.25, -0.2) is 14.2 Å². The molecule has 0 amide bonds. The Balaban J connectivity index is 2.31. The molecule has 0 aliphatic heterocycles. The van der Waals surface area contributed by atoms with E-state index >= 15 is 0 Å². The van der Waals surface area contributed by atoms with Crippen molar-refractivity contribution in [3.63, 3.8) is 0 Å². The minimum atomic E-state index is -1.30. The van der Waals surface area contributed by atoms with Crippen molar-refractivity contribution in [2.24, 2.45) is 0 Å². The maximum atomic E-state index is 12.4. The zero-order valence-electron chi connectivity index (χ0n) is 11.1. The van der Waals surface area contributed by atoms with Gasteiger partial charge in [-0.3, -0.25) is 4.79 Å². The fourth-order valence-corrected chi connectivity index (χ4v) is 2.24. The summed E-state index contributed by atoms with van der Waals surface area (Å²) in [5.41, 5.74) is -1.05. The molecule has 3 rings (SSSR count). The quantitative estimate of drug-likeness (QED) is 0.655. The SMILES string of the molecule is O=C(O)c1ccc(-n2c(=O)[nH]c3ccccc3c2=O)cc1O. The largest absolute Gasteiger partial charge is 0.507 e. The van der Waals surface area contributed by atoms with E-state index in [1.165, 1.54) is 6.07 Å². The van der Waals surface area contributed by atoms with Crippen LogP contribution in [0.1, 0.15) is 10.4 Å². The van der Waals surface area contributed by atoms with Gasteiger partial charge < -0.3 is 15.2 Å². The summed E-state index contributed by atoms with van der Waals surface area (Å²) in [5.74, 6) is -1.83. The molecule has 7 nitrogen and oxygen atoms in total. The first kappa shape index (κ1) is 13.6. The van der Waals surface area contributed by atoms with E-state index in [0.29, 0.717) is 10.9 Å². The first-order chi connectivity index (χ1) is 10.5. The number of para-hydroxylation sites is 1. The number of fused-ring (bicyclic) bond motifs is 1. The second-order valence-corrected chi connectivity index (χ2v) is 4.62. The number of aromatic hydroxyl groups is 1. The van der Waals surface area contributed by atoms with E-state index in [1.54, 1.807) is 24.3 Å². The number of aromatic nitrogens is 2. The molecule has 0 atom stereocenters. The molecule has 0 aliphatic rings. The lowest BCUT2D eigenvalue weighted by molar-refractivity contribution is 0.0694. The Kier molecular flexibility index (Phi) is 3.03. The minimum absolute atomic E-state index is 0.0829. The molecule has 3 N–H and O–H groups in total. The number of nitrogens with zero attached hydrogens (tertiary/aromatic N) is 1. The highest BCUT2D eigenvalue weighted by atomic mass is 16.4. The Morgan fingerprint density at radius 3 is 2.50 bits per heavy atom. The summed E-state index contributed by atoms with van der Waals surface area (Å²) in [6.07, 6.45) is 0. The molecule has 0 aliphatic carbocycles. The van der Waals surface area contributed by atoms with Gasteiger partial charge in [-0.05, 0) is 24.3 Å². The number of carboxylic acid groups (broad SMARTS) is 1. The molecule has 0 spiro atoms. The summed E-state index contributed by atoms with van der Waals surface area (Å²) in [6, 6.07) is 10.0. The Morgan fingerprint density at radius 2 is 1.82 bits per heavy atom. The fourth-order valence-electron chi connectivity index (χ4n) is 2.24. The summed E-state index contributed by atoms with van der Waals surface area (Å²) in [4.78, 5) is 38.0. The molecule has 0 saturated carbocycles. The van der Waals surface area contributed by atoms with Crippen LogP contribution in [0, 0.1) is 0 Å². The summed E-state index contributed by atoms with van der Waals surface area (Å²) < 4.78 is 0.841. The highest BCUT2D eigenvalue weighted by Crippen LogP contribution is 2.20. The van der Waals surface area contributed by atoms with Crippen LogP contribution in [-0.2, 0) is 0 Å². The average molecular weight is 298 g/mol. The van der Waals surface area contributed by atoms with Crippen molar-refractivity contribution in [3.05, 3.63) is 68.9 Å². The van der Waals surface area contributed by atoms with Crippen LogP contribution in [0.3, 0.4) is 0 Å². The number of aromatic carboxylic acids is 1. The van der Waals surface area contributed by atoms with Crippen molar-refractivity contribution in [2.45, 2.75) is 0 Å². The lowest BCUT2D eigenvalue weighted by Crippen LogP contribution is -2.33. The number of H-pyrrole nitrogens is 1. The van der Waals surface area contributed by atoms with E-state index in [9.17, 15) is 19.5 Å². The van der Waals surface area contributed by atoms with Crippen LogP contribution in [0.25, 0.3) is 16.6 Å². The molecule has 0 fully saturated rings. The summed E-state index contributed by atoms with van der Waals surface area (Å²) in [6.45, 7) is 0. The molecular formula is C15H10N2O5. The molecule has 7 heteroatoms. The zero-order valence-corrected chi connectivity index (χ0v) is 11.1. The van der Waals surface area contributed by atoms with E-state index < -0.39 is 23.0 Å². The standard InChI is InChI=1S/C15H10N2O5/c18-12-7-8(5-6-10(12)14(20)21)17-13(19)9-3-1-2-4-11(9)16-15(17)22/h1-7,18H,(H,16,22)(H,20,21). The number of nitrogens with one attached hydrogen (secondary N) is 1. The molecule has 2 aromatic carbocycles. The Bertz CT molecular complexity index is 1020. The molecular weight excluding hydrogens is 288 g/mol. The second kappa shape index (κ2) is 4.88. The van der Waals surface area contributed by atoms with Gasteiger partial charge in [0.05, 0.1) is 16.6 Å². The van der Waals surface area contributed by atoms with Gasteiger partial charge in [0.1, 0.15) is 11.3 Å². The van der Waals surface area contributed by atoms with Crippen LogP contribution in [0.4, 0.5) is 0 Å². The molecule has 3 aromatic rings. The highest BCUT2D eigenvalue weighted by molar-refractivity contribution is 5.91. The average Bonchev–Trinajstić information content (AvgIpc) is 2.47. The number of carbonyl (C=O) groups is 1. The van der Waals surface area contributed by atoms with Gasteiger partial charge in [0, 0.05) is 6.07 Å². The fraction of sp³-hybridized carbons (Fsp3) is 0. The summed E-state index contributed by atoms with van der Waals surface area (Å²) in [7, 11) is 0. The number of hydrogen-bond acceptors (Lipinski definition) is 4. The van der Waals surface area contributed by atoms with Gasteiger partial charge in [-0.15, -0.1) is 0 Å². The van der Waals surface area contributed by atoms with E-state index in [0.717, 1.165) is 16.7 Å². The molecule has 110 valence electrons. The maximum Gasteiger partial charge on any atom is 0.339 e. The van der Waals surface area contributed by atoms with Crippen molar-refractivity contribution in [1.29, 1.82) is 0 Å². The van der Waals surface area contributed by atoms with Crippen molar-refractivity contribution >= 4 is 16.9 Å². The van der Waals surface area contributed by atoms with Gasteiger partial charge >= 0.3 is 11.7 Å². The van der Waals surface area contributed by atoms with Gasteiger partial charge in [0.25, 0.3) is 5.56 Å². The minimum Gasteiger partial charge on any atom is -0.507 e. The van der Waals surface area contributed by atoms with Crippen molar-refractivity contribution in [1.82, 2.24) is 9.55 Å². The second-order valence-electron chi connectivity index (χ2n) is 4.62.